The highest BCUT2D eigenvalue weighted by atomic mass is 16.5. The number of benzene rings is 1. The number of rotatable bonds is 7. The minimum absolute atomic E-state index is 0.147. The van der Waals surface area contributed by atoms with E-state index < -0.39 is 12.1 Å². The highest BCUT2D eigenvalue weighted by Crippen LogP contribution is 2.39. The topological polar surface area (TPSA) is 103 Å². The van der Waals surface area contributed by atoms with Gasteiger partial charge in [0, 0.05) is 12.6 Å². The van der Waals surface area contributed by atoms with Crippen LogP contribution in [0.5, 0.6) is 17.2 Å². The van der Waals surface area contributed by atoms with Crippen molar-refractivity contribution < 1.29 is 24.1 Å². The van der Waals surface area contributed by atoms with Gasteiger partial charge in [-0.2, -0.15) is 0 Å². The molecule has 1 aromatic carbocycles. The van der Waals surface area contributed by atoms with Crippen LogP contribution in [0.15, 0.2) is 12.1 Å². The Morgan fingerprint density at radius 2 is 1.86 bits per heavy atom. The monoisotopic (exact) mass is 298 g/mol. The maximum atomic E-state index is 12.2. The molecule has 0 aliphatic heterocycles. The highest BCUT2D eigenvalue weighted by Gasteiger charge is 2.21. The van der Waals surface area contributed by atoms with Crippen molar-refractivity contribution in [3.63, 3.8) is 0 Å². The summed E-state index contributed by atoms with van der Waals surface area (Å²) in [5.41, 5.74) is 5.97. The molecule has 0 radical (unpaired) electrons. The van der Waals surface area contributed by atoms with Crippen LogP contribution >= 0.6 is 0 Å². The number of aliphatic hydroxyl groups is 1. The molecule has 1 amide bonds. The minimum atomic E-state index is -0.711. The molecule has 0 saturated heterocycles. The van der Waals surface area contributed by atoms with E-state index in [9.17, 15) is 9.90 Å². The van der Waals surface area contributed by atoms with Gasteiger partial charge in [-0.3, -0.25) is 4.79 Å². The summed E-state index contributed by atoms with van der Waals surface area (Å²) < 4.78 is 15.6. The van der Waals surface area contributed by atoms with Crippen molar-refractivity contribution in [2.24, 2.45) is 5.73 Å². The summed E-state index contributed by atoms with van der Waals surface area (Å²) in [6.45, 7) is 1.71. The van der Waals surface area contributed by atoms with Crippen LogP contribution in [0.4, 0.5) is 0 Å². The van der Waals surface area contributed by atoms with Crippen molar-refractivity contribution in [1.82, 2.24) is 5.32 Å². The van der Waals surface area contributed by atoms with E-state index in [4.69, 9.17) is 19.9 Å². The van der Waals surface area contributed by atoms with Gasteiger partial charge < -0.3 is 30.4 Å². The number of nitrogens with one attached hydrogen (secondary N) is 1. The van der Waals surface area contributed by atoms with E-state index in [0.717, 1.165) is 0 Å². The Kier molecular flexibility index (Phi) is 6.26. The average Bonchev–Trinajstić information content (AvgIpc) is 2.49. The molecule has 0 spiro atoms. The lowest BCUT2D eigenvalue weighted by Gasteiger charge is -2.18. The third kappa shape index (κ3) is 3.99. The van der Waals surface area contributed by atoms with E-state index >= 15 is 0 Å². The normalized spacial score (nSPS) is 13.2. The average molecular weight is 298 g/mol. The minimum Gasteiger partial charge on any atom is -0.493 e. The predicted molar refractivity (Wildman–Crippen MR) is 78.1 cm³/mol. The number of ether oxygens (including phenoxy) is 3. The lowest BCUT2D eigenvalue weighted by Crippen LogP contribution is -2.43. The van der Waals surface area contributed by atoms with Crippen LogP contribution < -0.4 is 25.3 Å². The summed E-state index contributed by atoms with van der Waals surface area (Å²) in [6.07, 6.45) is -0.711. The Bertz CT molecular complexity index is 490. The van der Waals surface area contributed by atoms with E-state index in [1.807, 2.05) is 0 Å². The van der Waals surface area contributed by atoms with Gasteiger partial charge in [0.15, 0.2) is 11.5 Å². The van der Waals surface area contributed by atoms with Crippen molar-refractivity contribution in [3.8, 4) is 17.2 Å². The first-order valence-electron chi connectivity index (χ1n) is 6.47. The lowest BCUT2D eigenvalue weighted by molar-refractivity contribution is 0.0934. The van der Waals surface area contributed by atoms with Crippen molar-refractivity contribution in [3.05, 3.63) is 17.7 Å². The standard InChI is InChI=1S/C14H22N2O5/c1-8(17)10(15)7-16-14(18)9-5-6-11(19-2)13(21-4)12(9)20-3/h5-6,8,10,17H,7,15H2,1-4H3,(H,16,18). The van der Waals surface area contributed by atoms with Gasteiger partial charge >= 0.3 is 0 Å². The van der Waals surface area contributed by atoms with E-state index in [2.05, 4.69) is 5.32 Å². The largest absolute Gasteiger partial charge is 0.493 e. The van der Waals surface area contributed by atoms with Gasteiger partial charge in [-0.15, -0.1) is 0 Å². The van der Waals surface area contributed by atoms with Crippen molar-refractivity contribution in [2.75, 3.05) is 27.9 Å². The van der Waals surface area contributed by atoms with Crippen LogP contribution in [0.3, 0.4) is 0 Å². The molecule has 2 atom stereocenters. The fourth-order valence-corrected chi connectivity index (χ4v) is 1.76. The summed E-state index contributed by atoms with van der Waals surface area (Å²) >= 11 is 0. The third-order valence-corrected chi connectivity index (χ3v) is 3.07. The zero-order valence-electron chi connectivity index (χ0n) is 12.7. The molecular formula is C14H22N2O5. The van der Waals surface area contributed by atoms with Crippen LogP contribution in [-0.4, -0.2) is 51.0 Å². The molecule has 2 unspecified atom stereocenters. The Labute approximate surface area is 124 Å². The molecule has 4 N–H and O–H groups in total. The first-order chi connectivity index (χ1) is 9.96. The van der Waals surface area contributed by atoms with Crippen LogP contribution in [-0.2, 0) is 0 Å². The number of carbonyl (C=O) groups is 1. The van der Waals surface area contributed by atoms with Gasteiger partial charge in [-0.1, -0.05) is 0 Å². The predicted octanol–water partition coefficient (Wildman–Crippen LogP) is 0.150. The first kappa shape index (κ1) is 17.1. The number of nitrogens with two attached hydrogens (primary N) is 1. The molecule has 1 rings (SSSR count). The zero-order chi connectivity index (χ0) is 16.0. The van der Waals surface area contributed by atoms with Crippen molar-refractivity contribution >= 4 is 5.91 Å². The highest BCUT2D eigenvalue weighted by molar-refractivity contribution is 5.98. The van der Waals surface area contributed by atoms with Crippen LogP contribution in [0, 0.1) is 0 Å². The molecular weight excluding hydrogens is 276 g/mol. The van der Waals surface area contributed by atoms with Gasteiger partial charge in [0.25, 0.3) is 5.91 Å². The molecule has 21 heavy (non-hydrogen) atoms. The second-order valence-corrected chi connectivity index (χ2v) is 4.50. The fraction of sp³-hybridized carbons (Fsp3) is 0.500. The van der Waals surface area contributed by atoms with Gasteiger partial charge in [0.05, 0.1) is 33.0 Å². The van der Waals surface area contributed by atoms with E-state index in [-0.39, 0.29) is 18.2 Å². The zero-order valence-corrected chi connectivity index (χ0v) is 12.7. The second kappa shape index (κ2) is 7.70. The molecule has 0 aliphatic carbocycles. The van der Waals surface area contributed by atoms with E-state index in [0.29, 0.717) is 17.1 Å². The van der Waals surface area contributed by atoms with Gasteiger partial charge in [0.1, 0.15) is 0 Å². The molecule has 7 heteroatoms. The second-order valence-electron chi connectivity index (χ2n) is 4.50. The number of aliphatic hydroxyl groups excluding tert-OH is 1. The molecule has 7 nitrogen and oxygen atoms in total. The molecule has 0 aromatic heterocycles. The first-order valence-corrected chi connectivity index (χ1v) is 6.47. The molecule has 0 heterocycles. The summed E-state index contributed by atoms with van der Waals surface area (Å²) in [5.74, 6) is 0.711. The number of amides is 1. The molecule has 0 bridgehead atoms. The number of carbonyl (C=O) groups excluding carboxylic acids is 1. The summed E-state index contributed by atoms with van der Waals surface area (Å²) in [5, 5.41) is 12.0. The lowest BCUT2D eigenvalue weighted by atomic mass is 10.1. The van der Waals surface area contributed by atoms with Crippen LogP contribution in [0.1, 0.15) is 17.3 Å². The Morgan fingerprint density at radius 1 is 1.24 bits per heavy atom. The van der Waals surface area contributed by atoms with Crippen LogP contribution in [0.2, 0.25) is 0 Å². The van der Waals surface area contributed by atoms with Gasteiger partial charge in [-0.25, -0.2) is 0 Å². The maximum Gasteiger partial charge on any atom is 0.255 e. The van der Waals surface area contributed by atoms with Gasteiger partial charge in [0.2, 0.25) is 5.75 Å². The quantitative estimate of drug-likeness (QED) is 0.662. The Hall–Kier alpha value is -1.99. The molecule has 1 aromatic rings. The van der Waals surface area contributed by atoms with Crippen molar-refractivity contribution in [1.29, 1.82) is 0 Å². The summed E-state index contributed by atoms with van der Waals surface area (Å²) in [4.78, 5) is 12.2. The number of hydrogen-bond donors (Lipinski definition) is 3. The number of methoxy groups -OCH3 is 3. The molecule has 0 fully saturated rings. The van der Waals surface area contributed by atoms with Crippen LogP contribution in [0.25, 0.3) is 0 Å². The van der Waals surface area contributed by atoms with Crippen molar-refractivity contribution in [2.45, 2.75) is 19.1 Å². The Balaban J connectivity index is 2.99. The Morgan fingerprint density at radius 3 is 2.33 bits per heavy atom. The van der Waals surface area contributed by atoms with Gasteiger partial charge in [-0.05, 0) is 19.1 Å². The van der Waals surface area contributed by atoms with E-state index in [1.165, 1.54) is 21.3 Å². The molecule has 0 saturated carbocycles. The third-order valence-electron chi connectivity index (χ3n) is 3.07. The SMILES string of the molecule is COc1ccc(C(=O)NCC(N)C(C)O)c(OC)c1OC. The summed E-state index contributed by atoms with van der Waals surface area (Å²) in [7, 11) is 4.40. The summed E-state index contributed by atoms with van der Waals surface area (Å²) in [6, 6.07) is 2.65. The number of hydrogen-bond acceptors (Lipinski definition) is 6. The fourth-order valence-electron chi connectivity index (χ4n) is 1.76. The molecule has 0 aliphatic rings. The molecule has 118 valence electrons. The van der Waals surface area contributed by atoms with E-state index in [1.54, 1.807) is 19.1 Å². The maximum absolute atomic E-state index is 12.2. The smallest absolute Gasteiger partial charge is 0.255 e.